The van der Waals surface area contributed by atoms with Gasteiger partial charge in [0.1, 0.15) is 10.7 Å². The summed E-state index contributed by atoms with van der Waals surface area (Å²) in [5, 5.41) is 6.69. The molecule has 9 heteroatoms. The summed E-state index contributed by atoms with van der Waals surface area (Å²) < 4.78 is 1.71. The Morgan fingerprint density at radius 2 is 1.92 bits per heavy atom. The molecule has 134 valence electrons. The number of thiazole rings is 1. The average molecular weight is 362 g/mol. The number of aromatic nitrogens is 3. The van der Waals surface area contributed by atoms with Crippen LogP contribution in [0.15, 0.2) is 17.8 Å². The molecule has 2 amide bonds. The highest BCUT2D eigenvalue weighted by atomic mass is 32.1. The third-order valence-corrected chi connectivity index (χ3v) is 5.53. The second-order valence-electron chi connectivity index (χ2n) is 6.64. The first-order chi connectivity index (χ1) is 11.8. The van der Waals surface area contributed by atoms with Gasteiger partial charge in [0.2, 0.25) is 5.91 Å². The molecule has 1 fully saturated rings. The molecule has 0 spiro atoms. The van der Waals surface area contributed by atoms with Gasteiger partial charge < -0.3 is 10.6 Å². The van der Waals surface area contributed by atoms with Gasteiger partial charge in [-0.15, -0.1) is 11.3 Å². The molecule has 0 aliphatic carbocycles. The summed E-state index contributed by atoms with van der Waals surface area (Å²) in [4.78, 5) is 32.5. The third-order valence-electron chi connectivity index (χ3n) is 4.64. The van der Waals surface area contributed by atoms with Crippen LogP contribution in [0.3, 0.4) is 0 Å². The number of aryl methyl sites for hydroxylation is 1. The normalized spacial score (nSPS) is 16.2. The van der Waals surface area contributed by atoms with Gasteiger partial charge in [0.25, 0.3) is 5.91 Å². The Morgan fingerprint density at radius 1 is 1.24 bits per heavy atom. The molecule has 25 heavy (non-hydrogen) atoms. The van der Waals surface area contributed by atoms with Crippen LogP contribution in [0.4, 0.5) is 0 Å². The van der Waals surface area contributed by atoms with Crippen molar-refractivity contribution in [3.8, 4) is 10.6 Å². The zero-order chi connectivity index (χ0) is 18.2. The summed E-state index contributed by atoms with van der Waals surface area (Å²) in [6, 6.07) is 0. The maximum atomic E-state index is 12.7. The lowest BCUT2D eigenvalue weighted by atomic mass is 10.0. The summed E-state index contributed by atoms with van der Waals surface area (Å²) >= 11 is 1.43. The summed E-state index contributed by atoms with van der Waals surface area (Å²) in [7, 11) is 1.84. The lowest BCUT2D eigenvalue weighted by Gasteiger charge is -2.42. The second kappa shape index (κ2) is 6.57. The standard InChI is InChI=1S/C16H22N6O2S/c1-16(2,15(17)24)22-6-4-21(5-7-22)14(23)12-10-25-13(19-12)11-8-18-20(3)9-11/h8-10H,4-7H2,1-3H3,(H2,17,24). The van der Waals surface area contributed by atoms with Crippen LogP contribution in [0.5, 0.6) is 0 Å². The van der Waals surface area contributed by atoms with Crippen molar-refractivity contribution >= 4 is 23.2 Å². The van der Waals surface area contributed by atoms with Crippen LogP contribution >= 0.6 is 11.3 Å². The van der Waals surface area contributed by atoms with E-state index in [-0.39, 0.29) is 11.8 Å². The van der Waals surface area contributed by atoms with Crippen LogP contribution in [0.25, 0.3) is 10.6 Å². The zero-order valence-electron chi connectivity index (χ0n) is 14.6. The van der Waals surface area contributed by atoms with E-state index in [0.717, 1.165) is 10.6 Å². The molecule has 3 heterocycles. The first-order valence-corrected chi connectivity index (χ1v) is 8.96. The Hall–Kier alpha value is -2.26. The van der Waals surface area contributed by atoms with Crippen molar-refractivity contribution < 1.29 is 9.59 Å². The number of nitrogens with two attached hydrogens (primary N) is 1. The first kappa shape index (κ1) is 17.6. The number of piperazine rings is 1. The Bertz CT molecular complexity index is 788. The van der Waals surface area contributed by atoms with Gasteiger partial charge in [0.05, 0.1) is 11.7 Å². The third kappa shape index (κ3) is 3.42. The van der Waals surface area contributed by atoms with E-state index in [4.69, 9.17) is 5.73 Å². The van der Waals surface area contributed by atoms with Crippen molar-refractivity contribution in [1.29, 1.82) is 0 Å². The van der Waals surface area contributed by atoms with Gasteiger partial charge in [0, 0.05) is 50.4 Å². The lowest BCUT2D eigenvalue weighted by Crippen LogP contribution is -2.60. The van der Waals surface area contributed by atoms with Crippen LogP contribution in [-0.4, -0.2) is 68.1 Å². The molecule has 0 saturated carbocycles. The van der Waals surface area contributed by atoms with Crippen LogP contribution < -0.4 is 5.73 Å². The van der Waals surface area contributed by atoms with Crippen molar-refractivity contribution in [2.75, 3.05) is 26.2 Å². The van der Waals surface area contributed by atoms with Crippen molar-refractivity contribution in [3.63, 3.8) is 0 Å². The number of amides is 2. The molecule has 2 aromatic rings. The van der Waals surface area contributed by atoms with Crippen molar-refractivity contribution in [2.45, 2.75) is 19.4 Å². The fourth-order valence-electron chi connectivity index (χ4n) is 2.82. The zero-order valence-corrected chi connectivity index (χ0v) is 15.4. The maximum absolute atomic E-state index is 12.7. The number of rotatable bonds is 4. The van der Waals surface area contributed by atoms with Crippen LogP contribution in [0, 0.1) is 0 Å². The lowest BCUT2D eigenvalue weighted by molar-refractivity contribution is -0.129. The molecule has 3 rings (SSSR count). The molecule has 2 N–H and O–H groups in total. The Labute approximate surface area is 150 Å². The number of hydrogen-bond donors (Lipinski definition) is 1. The number of carbonyl (C=O) groups is 2. The molecule has 0 bridgehead atoms. The minimum atomic E-state index is -0.705. The minimum Gasteiger partial charge on any atom is -0.368 e. The molecule has 0 aromatic carbocycles. The highest BCUT2D eigenvalue weighted by Crippen LogP contribution is 2.24. The number of primary amides is 1. The number of hydrogen-bond acceptors (Lipinski definition) is 6. The van der Waals surface area contributed by atoms with E-state index in [2.05, 4.69) is 10.1 Å². The van der Waals surface area contributed by atoms with Gasteiger partial charge in [0.15, 0.2) is 0 Å². The van der Waals surface area contributed by atoms with Gasteiger partial charge >= 0.3 is 0 Å². The van der Waals surface area contributed by atoms with Gasteiger partial charge in [-0.1, -0.05) is 0 Å². The fraction of sp³-hybridized carbons (Fsp3) is 0.500. The monoisotopic (exact) mass is 362 g/mol. The highest BCUT2D eigenvalue weighted by molar-refractivity contribution is 7.13. The molecule has 1 aliphatic heterocycles. The van der Waals surface area contributed by atoms with E-state index in [1.807, 2.05) is 32.0 Å². The molecule has 1 saturated heterocycles. The second-order valence-corrected chi connectivity index (χ2v) is 7.50. The van der Waals surface area contributed by atoms with Crippen molar-refractivity contribution in [3.05, 3.63) is 23.5 Å². The van der Waals surface area contributed by atoms with E-state index in [0.29, 0.717) is 31.9 Å². The Morgan fingerprint density at radius 3 is 2.48 bits per heavy atom. The number of carbonyl (C=O) groups excluding carboxylic acids is 2. The van der Waals surface area contributed by atoms with Crippen molar-refractivity contribution in [1.82, 2.24) is 24.6 Å². The first-order valence-electron chi connectivity index (χ1n) is 8.08. The SMILES string of the molecule is Cn1cc(-c2nc(C(=O)N3CCN(C(C)(C)C(N)=O)CC3)cs2)cn1. The summed E-state index contributed by atoms with van der Waals surface area (Å²) in [6.45, 7) is 5.95. The smallest absolute Gasteiger partial charge is 0.273 e. The Balaban J connectivity index is 1.65. The van der Waals surface area contributed by atoms with Gasteiger partial charge in [-0.2, -0.15) is 5.10 Å². The quantitative estimate of drug-likeness (QED) is 0.857. The van der Waals surface area contributed by atoms with E-state index < -0.39 is 5.54 Å². The van der Waals surface area contributed by atoms with Gasteiger partial charge in [-0.3, -0.25) is 19.2 Å². The molecular weight excluding hydrogens is 340 g/mol. The highest BCUT2D eigenvalue weighted by Gasteiger charge is 2.35. The molecule has 0 radical (unpaired) electrons. The van der Waals surface area contributed by atoms with E-state index in [1.165, 1.54) is 11.3 Å². The molecule has 1 aliphatic rings. The minimum absolute atomic E-state index is 0.0806. The Kier molecular flexibility index (Phi) is 4.61. The van der Waals surface area contributed by atoms with Crippen molar-refractivity contribution in [2.24, 2.45) is 12.8 Å². The topological polar surface area (TPSA) is 97.4 Å². The molecular formula is C16H22N6O2S. The summed E-state index contributed by atoms with van der Waals surface area (Å²) in [5.41, 5.74) is 6.12. The van der Waals surface area contributed by atoms with Crippen LogP contribution in [0.2, 0.25) is 0 Å². The number of nitrogens with zero attached hydrogens (tertiary/aromatic N) is 5. The summed E-state index contributed by atoms with van der Waals surface area (Å²) in [6.07, 6.45) is 3.61. The van der Waals surface area contributed by atoms with Crippen LogP contribution in [-0.2, 0) is 11.8 Å². The average Bonchev–Trinajstić information content (AvgIpc) is 3.23. The molecule has 8 nitrogen and oxygen atoms in total. The van der Waals surface area contributed by atoms with Gasteiger partial charge in [-0.05, 0) is 13.8 Å². The summed E-state index contributed by atoms with van der Waals surface area (Å²) in [5.74, 6) is -0.434. The van der Waals surface area contributed by atoms with E-state index in [9.17, 15) is 9.59 Å². The largest absolute Gasteiger partial charge is 0.368 e. The molecule has 0 atom stereocenters. The van der Waals surface area contributed by atoms with Crippen LogP contribution in [0.1, 0.15) is 24.3 Å². The van der Waals surface area contributed by atoms with E-state index >= 15 is 0 Å². The molecule has 0 unspecified atom stereocenters. The fourth-order valence-corrected chi connectivity index (χ4v) is 3.59. The van der Waals surface area contributed by atoms with E-state index in [1.54, 1.807) is 21.2 Å². The van der Waals surface area contributed by atoms with Gasteiger partial charge in [-0.25, -0.2) is 4.98 Å². The maximum Gasteiger partial charge on any atom is 0.273 e. The molecule has 2 aromatic heterocycles. The predicted octanol–water partition coefficient (Wildman–Crippen LogP) is 0.565. The predicted molar refractivity (Wildman–Crippen MR) is 95.1 cm³/mol.